The maximum atomic E-state index is 9.11. The lowest BCUT2D eigenvalue weighted by Gasteiger charge is -2.08. The molecular weight excluding hydrogens is 104 g/mol. The van der Waals surface area contributed by atoms with E-state index in [0.29, 0.717) is 6.42 Å². The number of rotatable bonds is 1. The summed E-state index contributed by atoms with van der Waals surface area (Å²) in [6, 6.07) is 0. The van der Waals surface area contributed by atoms with Crippen molar-refractivity contribution >= 4 is 0 Å². The van der Waals surface area contributed by atoms with Crippen molar-refractivity contribution in [2.45, 2.75) is 32.0 Å². The van der Waals surface area contributed by atoms with E-state index in [1.807, 2.05) is 6.92 Å². The van der Waals surface area contributed by atoms with Gasteiger partial charge < -0.3 is 9.84 Å². The van der Waals surface area contributed by atoms with Crippen LogP contribution >= 0.6 is 0 Å². The fraction of sp³-hybridized carbons (Fsp3) is 1.00. The van der Waals surface area contributed by atoms with Crippen molar-refractivity contribution in [1.29, 1.82) is 0 Å². The molecule has 2 nitrogen and oxygen atoms in total. The molecule has 2 unspecified atom stereocenters. The van der Waals surface area contributed by atoms with Crippen LogP contribution in [0.5, 0.6) is 0 Å². The van der Waals surface area contributed by atoms with E-state index >= 15 is 0 Å². The lowest BCUT2D eigenvalue weighted by molar-refractivity contribution is 0.0402. The Labute approximate surface area is 50.9 Å². The number of hydrogen-bond donors (Lipinski definition) is 1. The predicted octanol–water partition coefficient (Wildman–Crippen LogP) is 0.546. The van der Waals surface area contributed by atoms with E-state index in [4.69, 9.17) is 11.2 Å². The topological polar surface area (TPSA) is 29.5 Å². The van der Waals surface area contributed by atoms with Crippen LogP contribution in [-0.4, -0.2) is 23.9 Å². The van der Waals surface area contributed by atoms with Crippen LogP contribution in [0.1, 0.15) is 21.1 Å². The molecule has 0 saturated carbocycles. The van der Waals surface area contributed by atoms with Crippen LogP contribution in [0.2, 0.25) is 0 Å². The predicted molar refractivity (Wildman–Crippen MR) is 30.7 cm³/mol. The highest BCUT2D eigenvalue weighted by atomic mass is 16.5. The minimum absolute atomic E-state index is 0.0903. The van der Waals surface area contributed by atoms with E-state index < -0.39 is 12.7 Å². The monoisotopic (exact) mass is 118 g/mol. The molecule has 0 aliphatic carbocycles. The first-order chi connectivity index (χ1) is 4.24. The molecule has 1 rings (SSSR count). The zero-order valence-corrected chi connectivity index (χ0v) is 5.00. The van der Waals surface area contributed by atoms with E-state index in [9.17, 15) is 0 Å². The molecule has 1 aliphatic heterocycles. The highest BCUT2D eigenvalue weighted by Gasteiger charge is 2.23. The Kier molecular flexibility index (Phi) is 1.47. The van der Waals surface area contributed by atoms with E-state index in [1.54, 1.807) is 0 Å². The Bertz CT molecular complexity index is 97.1. The lowest BCUT2D eigenvalue weighted by Crippen LogP contribution is -2.18. The zero-order valence-electron chi connectivity index (χ0n) is 6.00. The van der Waals surface area contributed by atoms with Crippen molar-refractivity contribution < 1.29 is 11.2 Å². The van der Waals surface area contributed by atoms with Gasteiger partial charge in [0.15, 0.2) is 0 Å². The first kappa shape index (κ1) is 4.77. The van der Waals surface area contributed by atoms with Crippen LogP contribution in [0.25, 0.3) is 0 Å². The molecule has 1 N–H and O–H groups in total. The summed E-state index contributed by atoms with van der Waals surface area (Å²) in [6.45, 7) is 1.45. The Balaban J connectivity index is 2.38. The highest BCUT2D eigenvalue weighted by Crippen LogP contribution is 2.15. The standard InChI is InChI=1S/C6H12O2/c1-2-6-5(7)3-4-8-6/h5-7H,2-4H2,1H3/t5?,6-/m1/s1/i4T/t4?,5?,6-. The molecule has 1 saturated heterocycles. The summed E-state index contributed by atoms with van der Waals surface area (Å²) >= 11 is 0. The van der Waals surface area contributed by atoms with Gasteiger partial charge in [0, 0.05) is 6.58 Å². The van der Waals surface area contributed by atoms with E-state index in [1.165, 1.54) is 0 Å². The third-order valence-corrected chi connectivity index (χ3v) is 1.44. The molecule has 1 aliphatic rings. The van der Waals surface area contributed by atoms with Crippen LogP contribution < -0.4 is 0 Å². The van der Waals surface area contributed by atoms with Gasteiger partial charge in [0.05, 0.1) is 13.6 Å². The third-order valence-electron chi connectivity index (χ3n) is 1.44. The fourth-order valence-electron chi connectivity index (χ4n) is 0.889. The van der Waals surface area contributed by atoms with E-state index in [-0.39, 0.29) is 6.10 Å². The van der Waals surface area contributed by atoms with Gasteiger partial charge in [-0.05, 0) is 12.8 Å². The number of aliphatic hydroxyl groups excluding tert-OH is 1. The van der Waals surface area contributed by atoms with Crippen molar-refractivity contribution in [2.24, 2.45) is 0 Å². The molecule has 0 bridgehead atoms. The molecule has 0 spiro atoms. The summed E-state index contributed by atoms with van der Waals surface area (Å²) < 4.78 is 12.2. The summed E-state index contributed by atoms with van der Waals surface area (Å²) in [5.74, 6) is 0. The van der Waals surface area contributed by atoms with Crippen LogP contribution in [0.15, 0.2) is 0 Å². The quantitative estimate of drug-likeness (QED) is 0.544. The van der Waals surface area contributed by atoms with Crippen molar-refractivity contribution in [3.05, 3.63) is 0 Å². The average Bonchev–Trinajstić information content (AvgIpc) is 2.10. The van der Waals surface area contributed by atoms with Gasteiger partial charge >= 0.3 is 0 Å². The van der Waals surface area contributed by atoms with Gasteiger partial charge in [-0.15, -0.1) is 0 Å². The first-order valence-corrected chi connectivity index (χ1v) is 2.99. The van der Waals surface area contributed by atoms with E-state index in [2.05, 4.69) is 0 Å². The molecule has 2 heteroatoms. The SMILES string of the molecule is [3H]C1CC(O)[C@@H](CC)O1. The lowest BCUT2D eigenvalue weighted by atomic mass is 10.1. The van der Waals surface area contributed by atoms with Crippen LogP contribution in [0.4, 0.5) is 0 Å². The van der Waals surface area contributed by atoms with Gasteiger partial charge in [-0.25, -0.2) is 0 Å². The van der Waals surface area contributed by atoms with Crippen molar-refractivity contribution in [2.75, 3.05) is 6.58 Å². The Morgan fingerprint density at radius 2 is 2.75 bits per heavy atom. The molecule has 0 radical (unpaired) electrons. The normalized spacial score (nSPS) is 49.2. The molecular formula is C6H12O2. The minimum atomic E-state index is -0.495. The smallest absolute Gasteiger partial charge is 0.0832 e. The number of hydrogen-bond acceptors (Lipinski definition) is 2. The summed E-state index contributed by atoms with van der Waals surface area (Å²) in [4.78, 5) is 0. The molecule has 0 aromatic carbocycles. The molecule has 1 fully saturated rings. The van der Waals surface area contributed by atoms with Crippen molar-refractivity contribution in [3.8, 4) is 0 Å². The molecule has 8 heavy (non-hydrogen) atoms. The fourth-order valence-corrected chi connectivity index (χ4v) is 0.889. The highest BCUT2D eigenvalue weighted by molar-refractivity contribution is 4.72. The van der Waals surface area contributed by atoms with Gasteiger partial charge in [-0.2, -0.15) is 0 Å². The first-order valence-electron chi connectivity index (χ1n) is 3.57. The van der Waals surface area contributed by atoms with Crippen molar-refractivity contribution in [3.63, 3.8) is 0 Å². The Morgan fingerprint density at radius 1 is 2.00 bits per heavy atom. The van der Waals surface area contributed by atoms with Crippen LogP contribution in [-0.2, 0) is 4.74 Å². The van der Waals surface area contributed by atoms with E-state index in [0.717, 1.165) is 6.42 Å². The third kappa shape index (κ3) is 1.01. The van der Waals surface area contributed by atoms with Gasteiger partial charge in [0.25, 0.3) is 0 Å². The molecule has 0 aromatic heterocycles. The number of aliphatic hydroxyl groups is 1. The largest absolute Gasteiger partial charge is 0.390 e. The van der Waals surface area contributed by atoms with Gasteiger partial charge in [0.2, 0.25) is 0 Å². The maximum Gasteiger partial charge on any atom is 0.0832 e. The van der Waals surface area contributed by atoms with Crippen LogP contribution in [0, 0.1) is 0 Å². The summed E-state index contributed by atoms with van der Waals surface area (Å²) in [5, 5.41) is 9.11. The second-order valence-corrected chi connectivity index (χ2v) is 2.05. The molecule has 0 aromatic rings. The molecule has 1 heterocycles. The Hall–Kier alpha value is -0.0800. The zero-order chi connectivity index (χ0) is 6.85. The van der Waals surface area contributed by atoms with Gasteiger partial charge in [-0.3, -0.25) is 0 Å². The number of ether oxygens (including phenoxy) is 1. The summed E-state index contributed by atoms with van der Waals surface area (Å²) in [6.07, 6.45) is 0.777. The minimum Gasteiger partial charge on any atom is -0.390 e. The summed E-state index contributed by atoms with van der Waals surface area (Å²) in [7, 11) is 0. The van der Waals surface area contributed by atoms with Gasteiger partial charge in [0.1, 0.15) is 0 Å². The van der Waals surface area contributed by atoms with Crippen LogP contribution in [0.3, 0.4) is 0 Å². The second-order valence-electron chi connectivity index (χ2n) is 2.05. The van der Waals surface area contributed by atoms with Gasteiger partial charge in [-0.1, -0.05) is 6.92 Å². The molecule has 3 atom stereocenters. The van der Waals surface area contributed by atoms with Crippen molar-refractivity contribution in [1.82, 2.24) is 0 Å². The Morgan fingerprint density at radius 3 is 3.00 bits per heavy atom. The average molecular weight is 118 g/mol. The second kappa shape index (κ2) is 2.46. The summed E-state index contributed by atoms with van der Waals surface area (Å²) in [5.41, 5.74) is 0. The molecule has 48 valence electrons. The molecule has 0 amide bonds. The maximum absolute atomic E-state index is 9.11.